The van der Waals surface area contributed by atoms with E-state index in [2.05, 4.69) is 16.2 Å². The van der Waals surface area contributed by atoms with Crippen molar-refractivity contribution in [3.63, 3.8) is 0 Å². The maximum atomic E-state index is 12.5. The van der Waals surface area contributed by atoms with Crippen LogP contribution in [0.3, 0.4) is 0 Å². The minimum Gasteiger partial charge on any atom is -0.496 e. The summed E-state index contributed by atoms with van der Waals surface area (Å²) in [4.78, 5) is 41.1. The average Bonchev–Trinajstić information content (AvgIpc) is 2.85. The number of aromatic nitrogens is 1. The van der Waals surface area contributed by atoms with Crippen LogP contribution < -0.4 is 15.0 Å². The predicted octanol–water partition coefficient (Wildman–Crippen LogP) is 3.24. The van der Waals surface area contributed by atoms with Crippen LogP contribution in [0.25, 0.3) is 10.9 Å². The van der Waals surface area contributed by atoms with E-state index >= 15 is 0 Å². The van der Waals surface area contributed by atoms with Crippen molar-refractivity contribution in [3.8, 4) is 18.1 Å². The molecule has 9 heteroatoms. The number of benzene rings is 2. The third kappa shape index (κ3) is 6.51. The maximum Gasteiger partial charge on any atom is 0.326 e. The van der Waals surface area contributed by atoms with Gasteiger partial charge in [0.2, 0.25) is 0 Å². The summed E-state index contributed by atoms with van der Waals surface area (Å²) < 4.78 is 5.52. The fourth-order valence-corrected chi connectivity index (χ4v) is 3.79. The van der Waals surface area contributed by atoms with Crippen LogP contribution in [-0.2, 0) is 16.1 Å². The monoisotopic (exact) mass is 489 g/mol. The van der Waals surface area contributed by atoms with Gasteiger partial charge in [-0.2, -0.15) is 0 Å². The second kappa shape index (κ2) is 11.7. The van der Waals surface area contributed by atoms with E-state index in [0.717, 1.165) is 33.6 Å². The molecule has 0 aliphatic rings. The van der Waals surface area contributed by atoms with E-state index in [1.807, 2.05) is 36.1 Å². The lowest BCUT2D eigenvalue weighted by atomic mass is 10.1. The molecular weight excluding hydrogens is 462 g/mol. The molecule has 0 radical (unpaired) electrons. The summed E-state index contributed by atoms with van der Waals surface area (Å²) in [6.07, 6.45) is 5.02. The molecular formula is C27H27N3O6. The third-order valence-electron chi connectivity index (χ3n) is 5.58. The standard InChI is InChI=1S/C27H27N3O6/c1-4-13-30(16-18-5-10-22-21(15-18)24(36-3)14-17(2)28-22)20-8-6-19(7-9-20)26(33)29-23(27(34)35)11-12-25(31)32/h1,5-10,14-15,23H,11-13,16H2,2-3H3,(H,29,33)(H,31,32)(H,34,35)/t23-/m0/s1. The molecule has 1 amide bonds. The first-order valence-electron chi connectivity index (χ1n) is 11.2. The zero-order valence-corrected chi connectivity index (χ0v) is 20.0. The van der Waals surface area contributed by atoms with Crippen molar-refractivity contribution in [2.75, 3.05) is 18.6 Å². The Hall–Kier alpha value is -4.58. The number of nitrogens with one attached hydrogen (secondary N) is 1. The average molecular weight is 490 g/mol. The number of terminal acetylenes is 1. The van der Waals surface area contributed by atoms with Crippen molar-refractivity contribution < 1.29 is 29.3 Å². The number of hydrogen-bond acceptors (Lipinski definition) is 6. The molecule has 3 rings (SSSR count). The molecule has 2 aromatic carbocycles. The molecule has 0 fully saturated rings. The van der Waals surface area contributed by atoms with E-state index in [9.17, 15) is 19.5 Å². The van der Waals surface area contributed by atoms with Gasteiger partial charge in [-0.3, -0.25) is 14.6 Å². The second-order valence-electron chi connectivity index (χ2n) is 8.22. The minimum atomic E-state index is -1.30. The summed E-state index contributed by atoms with van der Waals surface area (Å²) in [6, 6.07) is 13.1. The maximum absolute atomic E-state index is 12.5. The van der Waals surface area contributed by atoms with Crippen LogP contribution in [0.5, 0.6) is 5.75 Å². The Balaban J connectivity index is 1.77. The van der Waals surface area contributed by atoms with Gasteiger partial charge in [-0.15, -0.1) is 6.42 Å². The molecule has 0 aliphatic carbocycles. The highest BCUT2D eigenvalue weighted by Gasteiger charge is 2.21. The number of ether oxygens (including phenoxy) is 1. The lowest BCUT2D eigenvalue weighted by molar-refractivity contribution is -0.140. The molecule has 186 valence electrons. The summed E-state index contributed by atoms with van der Waals surface area (Å²) >= 11 is 0. The molecule has 1 aromatic heterocycles. The van der Waals surface area contributed by atoms with E-state index in [1.54, 1.807) is 31.4 Å². The number of amides is 1. The van der Waals surface area contributed by atoms with Gasteiger partial charge in [-0.1, -0.05) is 12.0 Å². The molecule has 0 aliphatic heterocycles. The molecule has 0 bridgehead atoms. The number of rotatable bonds is 11. The fraction of sp³-hybridized carbons (Fsp3) is 0.259. The number of carboxylic acid groups (broad SMARTS) is 2. The van der Waals surface area contributed by atoms with Crippen LogP contribution in [-0.4, -0.2) is 52.7 Å². The normalized spacial score (nSPS) is 11.4. The number of pyridine rings is 1. The Morgan fingerprint density at radius 3 is 2.47 bits per heavy atom. The second-order valence-corrected chi connectivity index (χ2v) is 8.22. The Labute approximate surface area is 208 Å². The Morgan fingerprint density at radius 2 is 1.86 bits per heavy atom. The van der Waals surface area contributed by atoms with Crippen LogP contribution in [0.15, 0.2) is 48.5 Å². The molecule has 1 heterocycles. The molecule has 3 N–H and O–H groups in total. The topological polar surface area (TPSA) is 129 Å². The van der Waals surface area contributed by atoms with Crippen molar-refractivity contribution in [2.24, 2.45) is 0 Å². The number of hydrogen-bond donors (Lipinski definition) is 3. The summed E-state index contributed by atoms with van der Waals surface area (Å²) in [5, 5.41) is 21.3. The Bertz CT molecular complexity index is 1310. The molecule has 0 unspecified atom stereocenters. The smallest absolute Gasteiger partial charge is 0.326 e. The number of aryl methyl sites for hydroxylation is 1. The first kappa shape index (κ1) is 26.0. The first-order valence-corrected chi connectivity index (χ1v) is 11.2. The number of fused-ring (bicyclic) bond motifs is 1. The number of carboxylic acids is 2. The van der Waals surface area contributed by atoms with E-state index in [0.29, 0.717) is 13.1 Å². The number of methoxy groups -OCH3 is 1. The molecule has 1 atom stereocenters. The zero-order valence-electron chi connectivity index (χ0n) is 20.0. The van der Waals surface area contributed by atoms with Gasteiger partial charge in [0.05, 0.1) is 19.2 Å². The molecule has 0 saturated heterocycles. The van der Waals surface area contributed by atoms with Crippen molar-refractivity contribution >= 4 is 34.4 Å². The van der Waals surface area contributed by atoms with Crippen LogP contribution in [0.1, 0.15) is 34.5 Å². The molecule has 0 spiro atoms. The van der Waals surface area contributed by atoms with Crippen molar-refractivity contribution in [1.29, 1.82) is 0 Å². The Morgan fingerprint density at radius 1 is 1.14 bits per heavy atom. The van der Waals surface area contributed by atoms with E-state index < -0.39 is 23.9 Å². The van der Waals surface area contributed by atoms with Gasteiger partial charge in [0, 0.05) is 41.4 Å². The van der Waals surface area contributed by atoms with Crippen molar-refractivity contribution in [2.45, 2.75) is 32.4 Å². The summed E-state index contributed by atoms with van der Waals surface area (Å²) in [7, 11) is 1.62. The fourth-order valence-electron chi connectivity index (χ4n) is 3.79. The van der Waals surface area contributed by atoms with E-state index in [-0.39, 0.29) is 18.4 Å². The van der Waals surface area contributed by atoms with Crippen LogP contribution >= 0.6 is 0 Å². The number of carbonyl (C=O) groups is 3. The SMILES string of the molecule is C#CCN(Cc1ccc2nc(C)cc(OC)c2c1)c1ccc(C(=O)N[C@@H](CCC(=O)O)C(=O)O)cc1. The largest absolute Gasteiger partial charge is 0.496 e. The van der Waals surface area contributed by atoms with Gasteiger partial charge in [-0.05, 0) is 55.3 Å². The number of anilines is 1. The number of nitrogens with zero attached hydrogens (tertiary/aromatic N) is 2. The highest BCUT2D eigenvalue weighted by Crippen LogP contribution is 2.27. The van der Waals surface area contributed by atoms with E-state index in [1.165, 1.54) is 0 Å². The van der Waals surface area contributed by atoms with Crippen molar-refractivity contribution in [1.82, 2.24) is 10.3 Å². The van der Waals surface area contributed by atoms with Crippen LogP contribution in [0, 0.1) is 19.3 Å². The summed E-state index contributed by atoms with van der Waals surface area (Å²) in [6.45, 7) is 2.73. The summed E-state index contributed by atoms with van der Waals surface area (Å²) in [5.74, 6) is 0.355. The molecule has 3 aromatic rings. The first-order chi connectivity index (χ1) is 17.2. The lowest BCUT2D eigenvalue weighted by Gasteiger charge is -2.23. The number of carbonyl (C=O) groups excluding carboxylic acids is 1. The summed E-state index contributed by atoms with van der Waals surface area (Å²) in [5.41, 5.74) is 3.71. The van der Waals surface area contributed by atoms with Crippen LogP contribution in [0.2, 0.25) is 0 Å². The Kier molecular flexibility index (Phi) is 8.47. The quantitative estimate of drug-likeness (QED) is 0.350. The molecule has 0 saturated carbocycles. The van der Waals surface area contributed by atoms with Crippen molar-refractivity contribution in [3.05, 3.63) is 65.4 Å². The predicted molar refractivity (Wildman–Crippen MR) is 135 cm³/mol. The van der Waals surface area contributed by atoms with Gasteiger partial charge in [0.1, 0.15) is 11.8 Å². The van der Waals surface area contributed by atoms with Crippen LogP contribution in [0.4, 0.5) is 5.69 Å². The third-order valence-corrected chi connectivity index (χ3v) is 5.58. The zero-order chi connectivity index (χ0) is 26.2. The van der Waals surface area contributed by atoms with Gasteiger partial charge in [0.15, 0.2) is 0 Å². The highest BCUT2D eigenvalue weighted by atomic mass is 16.5. The van der Waals surface area contributed by atoms with Gasteiger partial charge >= 0.3 is 11.9 Å². The van der Waals surface area contributed by atoms with Gasteiger partial charge in [-0.25, -0.2) is 4.79 Å². The number of aliphatic carboxylic acids is 2. The molecule has 9 nitrogen and oxygen atoms in total. The van der Waals surface area contributed by atoms with Gasteiger partial charge in [0.25, 0.3) is 5.91 Å². The highest BCUT2D eigenvalue weighted by molar-refractivity contribution is 5.97. The minimum absolute atomic E-state index is 0.212. The molecule has 36 heavy (non-hydrogen) atoms. The van der Waals surface area contributed by atoms with E-state index in [4.69, 9.17) is 16.3 Å². The lowest BCUT2D eigenvalue weighted by Crippen LogP contribution is -2.41. The van der Waals surface area contributed by atoms with Gasteiger partial charge < -0.3 is 25.2 Å².